The summed E-state index contributed by atoms with van der Waals surface area (Å²) in [7, 11) is 0. The minimum absolute atomic E-state index is 0.125. The molecule has 0 N–H and O–H groups in total. The molecule has 0 spiro atoms. The number of fused-ring (bicyclic) bond motifs is 3. The summed E-state index contributed by atoms with van der Waals surface area (Å²) >= 11 is 0. The molecular weight excluding hydrogens is 278 g/mol. The summed E-state index contributed by atoms with van der Waals surface area (Å²) in [5.74, 6) is 0. The van der Waals surface area contributed by atoms with E-state index in [4.69, 9.17) is 6.85 Å². The van der Waals surface area contributed by atoms with Gasteiger partial charge in [0.1, 0.15) is 0 Å². The Bertz CT molecular complexity index is 1220. The van der Waals surface area contributed by atoms with Crippen molar-refractivity contribution in [3.05, 3.63) is 72.7 Å². The summed E-state index contributed by atoms with van der Waals surface area (Å²) in [5.41, 5.74) is 2.91. The molecule has 0 radical (unpaired) electrons. The average Bonchev–Trinajstić information content (AvgIpc) is 2.99. The lowest BCUT2D eigenvalue weighted by Gasteiger charge is -2.24. The lowest BCUT2D eigenvalue weighted by Crippen LogP contribution is -2.21. The molecule has 0 aliphatic carbocycles. The zero-order valence-electron chi connectivity index (χ0n) is 18.5. The summed E-state index contributed by atoms with van der Waals surface area (Å²) in [6, 6.07) is 12.6. The van der Waals surface area contributed by atoms with Crippen LogP contribution in [0, 0.1) is 0 Å². The summed E-state index contributed by atoms with van der Waals surface area (Å²) < 4.78 is 42.5. The molecule has 0 atom stereocenters. The molecule has 1 heterocycles. The van der Waals surface area contributed by atoms with Crippen LogP contribution in [0.25, 0.3) is 32.9 Å². The number of hydrogen-bond acceptors (Lipinski definition) is 0. The molecule has 0 bridgehead atoms. The van der Waals surface area contributed by atoms with Crippen molar-refractivity contribution in [2.45, 2.75) is 26.3 Å². The third-order valence-corrected chi connectivity index (χ3v) is 4.13. The monoisotopic (exact) mass is 304 g/mol. The number of para-hydroxylation sites is 1. The van der Waals surface area contributed by atoms with Crippen molar-refractivity contribution in [1.29, 1.82) is 0 Å². The van der Waals surface area contributed by atoms with E-state index in [1.165, 1.54) is 0 Å². The van der Waals surface area contributed by atoms with Gasteiger partial charge in [0.15, 0.2) is 0 Å². The van der Waals surface area contributed by atoms with E-state index in [9.17, 15) is 0 Å². The SMILES string of the molecule is [2H]c1c([2H])c([2H])c(-c2ccc3c(c2)c2ccccc2n3C(C)(C)C)c([2H])c1[2H]. The summed E-state index contributed by atoms with van der Waals surface area (Å²) in [5, 5.41) is 2.09. The first kappa shape index (κ1) is 9.57. The zero-order valence-corrected chi connectivity index (χ0v) is 13.5. The molecule has 1 aromatic heterocycles. The van der Waals surface area contributed by atoms with E-state index in [0.717, 1.165) is 21.8 Å². The molecule has 3 aromatic carbocycles. The molecule has 0 saturated carbocycles. The van der Waals surface area contributed by atoms with Gasteiger partial charge in [-0.05, 0) is 50.1 Å². The molecule has 4 rings (SSSR count). The largest absolute Gasteiger partial charge is 0.335 e. The maximum Gasteiger partial charge on any atom is 0.0629 e. The van der Waals surface area contributed by atoms with Crippen molar-refractivity contribution in [3.63, 3.8) is 0 Å². The Kier molecular flexibility index (Phi) is 2.07. The standard InChI is InChI=1S/C22H21N/c1-22(2,3)23-20-12-8-7-11-18(20)19-15-17(13-14-21(19)23)16-9-5-4-6-10-16/h4-15H,1-3H3/i4D,5D,6D,9D,10D. The van der Waals surface area contributed by atoms with E-state index < -0.39 is 0 Å². The molecule has 23 heavy (non-hydrogen) atoms. The molecule has 0 amide bonds. The molecule has 1 heteroatoms. The third kappa shape index (κ3) is 2.24. The number of hydrogen-bond donors (Lipinski definition) is 0. The molecule has 0 unspecified atom stereocenters. The van der Waals surface area contributed by atoms with Gasteiger partial charge in [-0.1, -0.05) is 54.5 Å². The molecular formula is C22H21N. The van der Waals surface area contributed by atoms with E-state index >= 15 is 0 Å². The highest BCUT2D eigenvalue weighted by Gasteiger charge is 2.20. The zero-order chi connectivity index (χ0) is 20.4. The van der Waals surface area contributed by atoms with Crippen LogP contribution in [0.5, 0.6) is 0 Å². The van der Waals surface area contributed by atoms with Gasteiger partial charge in [0.2, 0.25) is 0 Å². The van der Waals surface area contributed by atoms with Crippen LogP contribution in [0.2, 0.25) is 0 Å². The Balaban J connectivity index is 2.10. The predicted octanol–water partition coefficient (Wildman–Crippen LogP) is 6.22. The summed E-state index contributed by atoms with van der Waals surface area (Å²) in [6.07, 6.45) is 0. The molecule has 1 nitrogen and oxygen atoms in total. The van der Waals surface area contributed by atoms with Gasteiger partial charge in [-0.3, -0.25) is 0 Å². The molecule has 0 saturated heterocycles. The normalized spacial score (nSPS) is 15.2. The third-order valence-electron chi connectivity index (χ3n) is 4.13. The van der Waals surface area contributed by atoms with Crippen molar-refractivity contribution >= 4 is 21.8 Å². The first-order valence-corrected chi connectivity index (χ1v) is 7.74. The lowest BCUT2D eigenvalue weighted by atomic mass is 10.0. The van der Waals surface area contributed by atoms with Gasteiger partial charge in [0.05, 0.1) is 6.85 Å². The quantitative estimate of drug-likeness (QED) is 0.393. The molecule has 0 aliphatic heterocycles. The van der Waals surface area contributed by atoms with Crippen molar-refractivity contribution in [2.75, 3.05) is 0 Å². The van der Waals surface area contributed by atoms with Crippen molar-refractivity contribution < 1.29 is 6.85 Å². The molecule has 0 fully saturated rings. The summed E-state index contributed by atoms with van der Waals surface area (Å²) in [4.78, 5) is 0. The Hall–Kier alpha value is -2.54. The van der Waals surface area contributed by atoms with Crippen LogP contribution in [0.15, 0.2) is 72.7 Å². The Morgan fingerprint density at radius 1 is 0.783 bits per heavy atom. The lowest BCUT2D eigenvalue weighted by molar-refractivity contribution is 0.423. The van der Waals surface area contributed by atoms with E-state index in [1.807, 2.05) is 30.3 Å². The van der Waals surface area contributed by atoms with E-state index in [2.05, 4.69) is 37.5 Å². The fraction of sp³-hybridized carbons (Fsp3) is 0.182. The molecule has 114 valence electrons. The van der Waals surface area contributed by atoms with Gasteiger partial charge in [-0.2, -0.15) is 0 Å². The highest BCUT2D eigenvalue weighted by Crippen LogP contribution is 2.36. The van der Waals surface area contributed by atoms with Crippen molar-refractivity contribution in [3.8, 4) is 11.1 Å². The second-order valence-electron chi connectivity index (χ2n) is 6.76. The Labute approximate surface area is 144 Å². The Morgan fingerprint density at radius 3 is 2.22 bits per heavy atom. The van der Waals surface area contributed by atoms with E-state index in [-0.39, 0.29) is 41.3 Å². The van der Waals surface area contributed by atoms with Gasteiger partial charge >= 0.3 is 0 Å². The fourth-order valence-corrected chi connectivity index (χ4v) is 3.25. The van der Waals surface area contributed by atoms with Crippen molar-refractivity contribution in [2.24, 2.45) is 0 Å². The van der Waals surface area contributed by atoms with Crippen LogP contribution in [0.4, 0.5) is 0 Å². The molecule has 0 aliphatic rings. The van der Waals surface area contributed by atoms with Crippen LogP contribution in [0.1, 0.15) is 27.6 Å². The number of rotatable bonds is 1. The van der Waals surface area contributed by atoms with E-state index in [1.54, 1.807) is 0 Å². The minimum atomic E-state index is -0.371. The van der Waals surface area contributed by atoms with Crippen molar-refractivity contribution in [1.82, 2.24) is 4.57 Å². The first-order valence-electron chi connectivity index (χ1n) is 10.2. The van der Waals surface area contributed by atoms with E-state index in [0.29, 0.717) is 5.56 Å². The van der Waals surface area contributed by atoms with Gasteiger partial charge in [0, 0.05) is 27.3 Å². The van der Waals surface area contributed by atoms with Gasteiger partial charge in [-0.15, -0.1) is 0 Å². The minimum Gasteiger partial charge on any atom is -0.335 e. The predicted molar refractivity (Wildman–Crippen MR) is 99.9 cm³/mol. The number of benzene rings is 3. The highest BCUT2D eigenvalue weighted by molar-refractivity contribution is 6.09. The summed E-state index contributed by atoms with van der Waals surface area (Å²) in [6.45, 7) is 6.47. The van der Waals surface area contributed by atoms with Crippen LogP contribution < -0.4 is 0 Å². The number of aromatic nitrogens is 1. The van der Waals surface area contributed by atoms with Gasteiger partial charge < -0.3 is 4.57 Å². The molecule has 4 aromatic rings. The maximum absolute atomic E-state index is 8.27. The van der Waals surface area contributed by atoms with Crippen LogP contribution in [-0.2, 0) is 5.54 Å². The maximum atomic E-state index is 8.27. The van der Waals surface area contributed by atoms with Gasteiger partial charge in [-0.25, -0.2) is 0 Å². The smallest absolute Gasteiger partial charge is 0.0629 e. The van der Waals surface area contributed by atoms with Gasteiger partial charge in [0.25, 0.3) is 0 Å². The van der Waals surface area contributed by atoms with Crippen LogP contribution in [-0.4, -0.2) is 4.57 Å². The average molecular weight is 304 g/mol. The van der Waals surface area contributed by atoms with Crippen LogP contribution in [0.3, 0.4) is 0 Å². The highest BCUT2D eigenvalue weighted by atomic mass is 15.0. The fourth-order valence-electron chi connectivity index (χ4n) is 3.25. The number of nitrogens with zero attached hydrogens (tertiary/aromatic N) is 1. The van der Waals surface area contributed by atoms with Crippen LogP contribution >= 0.6 is 0 Å². The Morgan fingerprint density at radius 2 is 1.48 bits per heavy atom. The first-order chi connectivity index (χ1) is 13.1. The second-order valence-corrected chi connectivity index (χ2v) is 6.76. The second kappa shape index (κ2) is 4.99. The topological polar surface area (TPSA) is 4.93 Å².